The van der Waals surface area contributed by atoms with E-state index in [-0.39, 0.29) is 17.0 Å². The average Bonchev–Trinajstić information content (AvgIpc) is 3.35. The lowest BCUT2D eigenvalue weighted by molar-refractivity contribution is 0.249. The minimum atomic E-state index is -3.61. The highest BCUT2D eigenvalue weighted by Crippen LogP contribution is 2.33. The van der Waals surface area contributed by atoms with Crippen LogP contribution in [0.15, 0.2) is 108 Å². The molecule has 200 valence electrons. The Labute approximate surface area is 230 Å². The molecular weight excluding hydrogens is 506 g/mol. The van der Waals surface area contributed by atoms with E-state index in [1.807, 2.05) is 67.6 Å². The van der Waals surface area contributed by atoms with Gasteiger partial charge in [-0.25, -0.2) is 13.2 Å². The van der Waals surface area contributed by atoms with Crippen molar-refractivity contribution in [2.24, 2.45) is 0 Å². The Bertz CT molecular complexity index is 1540. The van der Waals surface area contributed by atoms with Gasteiger partial charge in [-0.15, -0.1) is 0 Å². The van der Waals surface area contributed by atoms with E-state index in [0.29, 0.717) is 5.69 Å². The number of hydrogen-bond donors (Lipinski definition) is 2. The lowest BCUT2D eigenvalue weighted by Gasteiger charge is -2.16. The van der Waals surface area contributed by atoms with Gasteiger partial charge in [0, 0.05) is 25.3 Å². The standard InChI is InChI=1S/C32H33N3O3S/c1-23(26-11-7-4-8-12-26)33-32(36)34-30-15-17-31(18-16-30)39(37,38)24(2)27-13-14-28-21-35(22-29(28)19-27)20-25-9-5-3-6-10-25/h3-19,23-24H,20-22H2,1-2H3,(H2,33,34,36). The molecule has 5 rings (SSSR count). The van der Waals surface area contributed by atoms with Crippen molar-refractivity contribution < 1.29 is 13.2 Å². The number of benzene rings is 4. The van der Waals surface area contributed by atoms with Crippen LogP contribution in [0.5, 0.6) is 0 Å². The van der Waals surface area contributed by atoms with Crippen molar-refractivity contribution in [1.82, 2.24) is 10.2 Å². The summed E-state index contributed by atoms with van der Waals surface area (Å²) >= 11 is 0. The van der Waals surface area contributed by atoms with Crippen LogP contribution in [0.3, 0.4) is 0 Å². The fourth-order valence-corrected chi connectivity index (χ4v) is 6.42. The van der Waals surface area contributed by atoms with Crippen molar-refractivity contribution in [2.75, 3.05) is 5.32 Å². The molecular formula is C32H33N3O3S. The third-order valence-corrected chi connectivity index (χ3v) is 9.42. The molecule has 0 aliphatic carbocycles. The Morgan fingerprint density at radius 3 is 2.13 bits per heavy atom. The maximum Gasteiger partial charge on any atom is 0.319 e. The van der Waals surface area contributed by atoms with Crippen LogP contribution in [0.25, 0.3) is 0 Å². The Kier molecular flexibility index (Phi) is 7.82. The van der Waals surface area contributed by atoms with Gasteiger partial charge in [0.05, 0.1) is 16.2 Å². The molecule has 2 N–H and O–H groups in total. The van der Waals surface area contributed by atoms with E-state index >= 15 is 0 Å². The van der Waals surface area contributed by atoms with E-state index in [9.17, 15) is 13.2 Å². The van der Waals surface area contributed by atoms with Gasteiger partial charge in [0.25, 0.3) is 0 Å². The second-order valence-electron chi connectivity index (χ2n) is 10.1. The maximum absolute atomic E-state index is 13.5. The number of anilines is 1. The van der Waals surface area contributed by atoms with Crippen LogP contribution in [-0.4, -0.2) is 19.3 Å². The van der Waals surface area contributed by atoms with Gasteiger partial charge in [0.2, 0.25) is 0 Å². The highest BCUT2D eigenvalue weighted by atomic mass is 32.2. The number of rotatable bonds is 8. The zero-order chi connectivity index (χ0) is 27.4. The summed E-state index contributed by atoms with van der Waals surface area (Å²) in [7, 11) is -3.61. The first-order valence-electron chi connectivity index (χ1n) is 13.1. The van der Waals surface area contributed by atoms with Crippen LogP contribution < -0.4 is 10.6 Å². The molecule has 0 aromatic heterocycles. The van der Waals surface area contributed by atoms with E-state index in [1.165, 1.54) is 16.7 Å². The summed E-state index contributed by atoms with van der Waals surface area (Å²) in [5.74, 6) is 0. The number of sulfone groups is 1. The van der Waals surface area contributed by atoms with Crippen LogP contribution >= 0.6 is 0 Å². The zero-order valence-electron chi connectivity index (χ0n) is 22.2. The SMILES string of the molecule is CC(NC(=O)Nc1ccc(S(=O)(=O)C(C)c2ccc3c(c2)CN(Cc2ccccc2)C3)cc1)c1ccccc1. The molecule has 0 radical (unpaired) electrons. The lowest BCUT2D eigenvalue weighted by atomic mass is 10.0. The zero-order valence-corrected chi connectivity index (χ0v) is 23.0. The van der Waals surface area contributed by atoms with Crippen LogP contribution in [-0.2, 0) is 29.5 Å². The first-order valence-corrected chi connectivity index (χ1v) is 14.7. The third-order valence-electron chi connectivity index (χ3n) is 7.29. The molecule has 4 aromatic carbocycles. The fourth-order valence-electron chi connectivity index (χ4n) is 4.99. The molecule has 0 fully saturated rings. The number of urea groups is 1. The molecule has 6 nitrogen and oxygen atoms in total. The summed E-state index contributed by atoms with van der Waals surface area (Å²) in [6.45, 7) is 6.17. The molecule has 2 atom stereocenters. The first-order chi connectivity index (χ1) is 18.8. The summed E-state index contributed by atoms with van der Waals surface area (Å²) in [5.41, 5.74) is 6.00. The van der Waals surface area contributed by atoms with Crippen LogP contribution in [0, 0.1) is 0 Å². The average molecular weight is 540 g/mol. The molecule has 0 saturated heterocycles. The fraction of sp³-hybridized carbons (Fsp3) is 0.219. The van der Waals surface area contributed by atoms with Gasteiger partial charge < -0.3 is 10.6 Å². The highest BCUT2D eigenvalue weighted by molar-refractivity contribution is 7.91. The smallest absolute Gasteiger partial charge is 0.319 e. The van der Waals surface area contributed by atoms with E-state index < -0.39 is 15.1 Å². The van der Waals surface area contributed by atoms with Gasteiger partial charge in [0.15, 0.2) is 9.84 Å². The van der Waals surface area contributed by atoms with Gasteiger partial charge in [0.1, 0.15) is 0 Å². The Morgan fingerprint density at radius 2 is 1.44 bits per heavy atom. The van der Waals surface area contributed by atoms with E-state index in [0.717, 1.165) is 30.8 Å². The van der Waals surface area contributed by atoms with Crippen molar-refractivity contribution in [1.29, 1.82) is 0 Å². The minimum absolute atomic E-state index is 0.163. The third kappa shape index (κ3) is 6.21. The quantitative estimate of drug-likeness (QED) is 0.264. The Balaban J connectivity index is 1.22. The number of amides is 2. The molecule has 39 heavy (non-hydrogen) atoms. The molecule has 1 aliphatic rings. The van der Waals surface area contributed by atoms with Crippen LogP contribution in [0.1, 0.15) is 53.0 Å². The topological polar surface area (TPSA) is 78.5 Å². The summed E-state index contributed by atoms with van der Waals surface area (Å²) in [4.78, 5) is 15.0. The molecule has 2 unspecified atom stereocenters. The molecule has 0 spiro atoms. The predicted octanol–water partition coefficient (Wildman–Crippen LogP) is 6.62. The molecule has 4 aromatic rings. The van der Waals surface area contributed by atoms with Crippen molar-refractivity contribution in [3.8, 4) is 0 Å². The number of fused-ring (bicyclic) bond motifs is 1. The first kappa shape index (κ1) is 26.7. The molecule has 1 aliphatic heterocycles. The Morgan fingerprint density at radius 1 is 0.795 bits per heavy atom. The molecule has 7 heteroatoms. The number of nitrogens with zero attached hydrogens (tertiary/aromatic N) is 1. The summed E-state index contributed by atoms with van der Waals surface area (Å²) in [6, 6.07) is 31.9. The predicted molar refractivity (Wildman–Crippen MR) is 155 cm³/mol. The summed E-state index contributed by atoms with van der Waals surface area (Å²) < 4.78 is 26.9. The summed E-state index contributed by atoms with van der Waals surface area (Å²) in [6.07, 6.45) is 0. The van der Waals surface area contributed by atoms with Gasteiger partial charge >= 0.3 is 6.03 Å². The lowest BCUT2D eigenvalue weighted by Crippen LogP contribution is -2.31. The van der Waals surface area contributed by atoms with Gasteiger partial charge in [-0.3, -0.25) is 4.90 Å². The summed E-state index contributed by atoms with van der Waals surface area (Å²) in [5, 5.41) is 4.98. The van der Waals surface area contributed by atoms with Gasteiger partial charge in [-0.05, 0) is 65.9 Å². The Hall–Kier alpha value is -3.94. The second-order valence-corrected chi connectivity index (χ2v) is 12.4. The van der Waals surface area contributed by atoms with E-state index in [1.54, 1.807) is 31.2 Å². The number of nitrogens with one attached hydrogen (secondary N) is 2. The monoisotopic (exact) mass is 539 g/mol. The maximum atomic E-state index is 13.5. The molecule has 2 amide bonds. The second kappa shape index (κ2) is 11.4. The van der Waals surface area contributed by atoms with Crippen LogP contribution in [0.2, 0.25) is 0 Å². The van der Waals surface area contributed by atoms with E-state index in [2.05, 4.69) is 33.7 Å². The molecule has 0 saturated carbocycles. The minimum Gasteiger partial charge on any atom is -0.331 e. The normalized spacial score (nSPS) is 14.8. The van der Waals surface area contributed by atoms with Crippen molar-refractivity contribution in [3.05, 3.63) is 131 Å². The van der Waals surface area contributed by atoms with Crippen molar-refractivity contribution in [2.45, 2.75) is 49.7 Å². The number of hydrogen-bond acceptors (Lipinski definition) is 4. The van der Waals surface area contributed by atoms with Crippen LogP contribution in [0.4, 0.5) is 10.5 Å². The van der Waals surface area contributed by atoms with Gasteiger partial charge in [-0.2, -0.15) is 0 Å². The molecule has 1 heterocycles. The van der Waals surface area contributed by atoms with E-state index in [4.69, 9.17) is 0 Å². The van der Waals surface area contributed by atoms with Gasteiger partial charge in [-0.1, -0.05) is 78.9 Å². The number of carbonyl (C=O) groups excluding carboxylic acids is 1. The largest absolute Gasteiger partial charge is 0.331 e. The van der Waals surface area contributed by atoms with Crippen molar-refractivity contribution >= 4 is 21.6 Å². The van der Waals surface area contributed by atoms with Crippen molar-refractivity contribution in [3.63, 3.8) is 0 Å². The number of carbonyl (C=O) groups is 1. The highest BCUT2D eigenvalue weighted by Gasteiger charge is 2.27. The molecule has 0 bridgehead atoms.